The molecule has 0 aliphatic rings. The summed E-state index contributed by atoms with van der Waals surface area (Å²) in [4.78, 5) is 11.7. The quantitative estimate of drug-likeness (QED) is 0.847. The van der Waals surface area contributed by atoms with Gasteiger partial charge in [-0.3, -0.25) is 5.32 Å². The van der Waals surface area contributed by atoms with Gasteiger partial charge < -0.3 is 9.47 Å². The van der Waals surface area contributed by atoms with Crippen LogP contribution < -0.4 is 10.1 Å². The molecule has 1 unspecified atom stereocenters. The van der Waals surface area contributed by atoms with Gasteiger partial charge in [-0.25, -0.2) is 4.79 Å². The number of nitrogens with one attached hydrogen (secondary N) is 1. The van der Waals surface area contributed by atoms with Gasteiger partial charge in [0.25, 0.3) is 0 Å². The molecule has 1 rings (SSSR count). The van der Waals surface area contributed by atoms with E-state index in [1.807, 2.05) is 13.8 Å². The summed E-state index contributed by atoms with van der Waals surface area (Å²) in [5.74, 6) is -0.961. The Morgan fingerprint density at radius 3 is 2.45 bits per heavy atom. The van der Waals surface area contributed by atoms with E-state index in [1.165, 1.54) is 25.3 Å². The highest BCUT2D eigenvalue weighted by atomic mass is 19.4. The Morgan fingerprint density at radius 1 is 1.30 bits per heavy atom. The molecule has 7 heteroatoms. The van der Waals surface area contributed by atoms with Gasteiger partial charge in [-0.05, 0) is 31.5 Å². The van der Waals surface area contributed by atoms with Crippen LogP contribution in [0.3, 0.4) is 0 Å². The third kappa shape index (κ3) is 5.08. The van der Waals surface area contributed by atoms with Crippen LogP contribution >= 0.6 is 0 Å². The van der Waals surface area contributed by atoms with Crippen molar-refractivity contribution in [2.75, 3.05) is 7.11 Å². The molecule has 20 heavy (non-hydrogen) atoms. The molecule has 1 aromatic carbocycles. The van der Waals surface area contributed by atoms with Crippen molar-refractivity contribution in [1.82, 2.24) is 5.32 Å². The van der Waals surface area contributed by atoms with E-state index in [0.29, 0.717) is 5.56 Å². The SMILES string of the molecule is COC(=O)C(NC(C)C)c1cccc(OC(F)(F)F)c1. The molecule has 1 aromatic rings. The van der Waals surface area contributed by atoms with Crippen LogP contribution in [-0.2, 0) is 9.53 Å². The van der Waals surface area contributed by atoms with E-state index in [-0.39, 0.29) is 11.8 Å². The minimum atomic E-state index is -4.77. The molecule has 1 atom stereocenters. The molecule has 0 aliphatic carbocycles. The summed E-state index contributed by atoms with van der Waals surface area (Å²) in [5, 5.41) is 2.93. The largest absolute Gasteiger partial charge is 0.573 e. The molecular formula is C13H16F3NO3. The first kappa shape index (κ1) is 16.3. The van der Waals surface area contributed by atoms with Crippen molar-refractivity contribution < 1.29 is 27.4 Å². The van der Waals surface area contributed by atoms with Crippen LogP contribution in [0.2, 0.25) is 0 Å². The number of carbonyl (C=O) groups is 1. The Morgan fingerprint density at radius 2 is 1.95 bits per heavy atom. The van der Waals surface area contributed by atoms with Gasteiger partial charge in [0.1, 0.15) is 11.8 Å². The Balaban J connectivity index is 3.02. The van der Waals surface area contributed by atoms with Crippen LogP contribution in [0.15, 0.2) is 24.3 Å². The van der Waals surface area contributed by atoms with Gasteiger partial charge in [0, 0.05) is 6.04 Å². The van der Waals surface area contributed by atoms with Crippen LogP contribution in [0.4, 0.5) is 13.2 Å². The first-order valence-corrected chi connectivity index (χ1v) is 5.92. The number of methoxy groups -OCH3 is 1. The summed E-state index contributed by atoms with van der Waals surface area (Å²) >= 11 is 0. The summed E-state index contributed by atoms with van der Waals surface area (Å²) in [6.45, 7) is 3.62. The van der Waals surface area contributed by atoms with Crippen molar-refractivity contribution in [3.05, 3.63) is 29.8 Å². The molecule has 112 valence electrons. The second kappa shape index (κ2) is 6.60. The number of halogens is 3. The number of benzene rings is 1. The molecule has 0 radical (unpaired) electrons. The number of rotatable bonds is 5. The molecule has 0 heterocycles. The molecule has 1 N–H and O–H groups in total. The molecule has 0 spiro atoms. The summed E-state index contributed by atoms with van der Waals surface area (Å²) in [6, 6.07) is 4.34. The fourth-order valence-electron chi connectivity index (χ4n) is 1.64. The highest BCUT2D eigenvalue weighted by Gasteiger charge is 2.31. The highest BCUT2D eigenvalue weighted by molar-refractivity contribution is 5.77. The second-order valence-electron chi connectivity index (χ2n) is 4.40. The molecule has 0 bridgehead atoms. The van der Waals surface area contributed by atoms with Crippen molar-refractivity contribution in [3.8, 4) is 5.75 Å². The summed E-state index contributed by atoms with van der Waals surface area (Å²) < 4.78 is 45.0. The number of esters is 1. The van der Waals surface area contributed by atoms with Crippen molar-refractivity contribution in [1.29, 1.82) is 0 Å². The fraction of sp³-hybridized carbons (Fsp3) is 0.462. The maximum atomic E-state index is 12.2. The predicted octanol–water partition coefficient (Wildman–Crippen LogP) is 2.80. The first-order valence-electron chi connectivity index (χ1n) is 5.92. The highest BCUT2D eigenvalue weighted by Crippen LogP contribution is 2.26. The van der Waals surface area contributed by atoms with Crippen molar-refractivity contribution in [2.45, 2.75) is 32.3 Å². The average molecular weight is 291 g/mol. The van der Waals surface area contributed by atoms with E-state index >= 15 is 0 Å². The Hall–Kier alpha value is -1.76. The standard InChI is InChI=1S/C13H16F3NO3/c1-8(2)17-11(12(18)19-3)9-5-4-6-10(7-9)20-13(14,15)16/h4-8,11,17H,1-3H3. The van der Waals surface area contributed by atoms with Gasteiger partial charge in [-0.2, -0.15) is 0 Å². The lowest BCUT2D eigenvalue weighted by molar-refractivity contribution is -0.274. The number of ether oxygens (including phenoxy) is 2. The van der Waals surface area contributed by atoms with E-state index in [4.69, 9.17) is 0 Å². The number of carbonyl (C=O) groups excluding carboxylic acids is 1. The van der Waals surface area contributed by atoms with Gasteiger partial charge >= 0.3 is 12.3 Å². The predicted molar refractivity (Wildman–Crippen MR) is 66.2 cm³/mol. The van der Waals surface area contributed by atoms with E-state index in [0.717, 1.165) is 6.07 Å². The van der Waals surface area contributed by atoms with Crippen LogP contribution in [0.5, 0.6) is 5.75 Å². The van der Waals surface area contributed by atoms with E-state index in [2.05, 4.69) is 14.8 Å². The van der Waals surface area contributed by atoms with Gasteiger partial charge in [0.2, 0.25) is 0 Å². The molecule has 0 saturated heterocycles. The smallest absolute Gasteiger partial charge is 0.468 e. The van der Waals surface area contributed by atoms with Crippen molar-refractivity contribution in [2.24, 2.45) is 0 Å². The fourth-order valence-corrected chi connectivity index (χ4v) is 1.64. The van der Waals surface area contributed by atoms with Crippen LogP contribution in [0.1, 0.15) is 25.5 Å². The van der Waals surface area contributed by atoms with Gasteiger partial charge in [0.15, 0.2) is 0 Å². The van der Waals surface area contributed by atoms with Crippen LogP contribution in [0, 0.1) is 0 Å². The zero-order chi connectivity index (χ0) is 15.3. The number of hydrogen-bond acceptors (Lipinski definition) is 4. The van der Waals surface area contributed by atoms with E-state index in [9.17, 15) is 18.0 Å². The summed E-state index contributed by atoms with van der Waals surface area (Å²) in [7, 11) is 1.22. The zero-order valence-electron chi connectivity index (χ0n) is 11.3. The second-order valence-corrected chi connectivity index (χ2v) is 4.40. The van der Waals surface area contributed by atoms with Gasteiger partial charge in [-0.15, -0.1) is 13.2 Å². The minimum Gasteiger partial charge on any atom is -0.468 e. The summed E-state index contributed by atoms with van der Waals surface area (Å²) in [6.07, 6.45) is -4.77. The Bertz CT molecular complexity index is 460. The number of alkyl halides is 3. The molecule has 0 amide bonds. The third-order valence-corrected chi connectivity index (χ3v) is 2.36. The molecule has 0 saturated carbocycles. The normalized spacial score (nSPS) is 13.2. The molecular weight excluding hydrogens is 275 g/mol. The maximum absolute atomic E-state index is 12.2. The topological polar surface area (TPSA) is 47.6 Å². The van der Waals surface area contributed by atoms with Gasteiger partial charge in [-0.1, -0.05) is 12.1 Å². The first-order chi connectivity index (χ1) is 9.23. The van der Waals surface area contributed by atoms with Crippen molar-refractivity contribution in [3.63, 3.8) is 0 Å². The van der Waals surface area contributed by atoms with Crippen LogP contribution in [-0.4, -0.2) is 25.5 Å². The molecule has 0 aliphatic heterocycles. The van der Waals surface area contributed by atoms with Crippen molar-refractivity contribution >= 4 is 5.97 Å². The maximum Gasteiger partial charge on any atom is 0.573 e. The lowest BCUT2D eigenvalue weighted by Crippen LogP contribution is -2.34. The monoisotopic (exact) mass is 291 g/mol. The Labute approximate surface area is 114 Å². The van der Waals surface area contributed by atoms with Gasteiger partial charge in [0.05, 0.1) is 7.11 Å². The third-order valence-electron chi connectivity index (χ3n) is 2.36. The number of hydrogen-bond donors (Lipinski definition) is 1. The lowest BCUT2D eigenvalue weighted by Gasteiger charge is -2.20. The lowest BCUT2D eigenvalue weighted by atomic mass is 10.1. The minimum absolute atomic E-state index is 0.0497. The summed E-state index contributed by atoms with van der Waals surface area (Å²) in [5.41, 5.74) is 0.340. The molecule has 4 nitrogen and oxygen atoms in total. The van der Waals surface area contributed by atoms with E-state index in [1.54, 1.807) is 0 Å². The zero-order valence-corrected chi connectivity index (χ0v) is 11.3. The Kier molecular flexibility index (Phi) is 5.38. The average Bonchev–Trinajstić information content (AvgIpc) is 2.33. The molecule has 0 fully saturated rings. The van der Waals surface area contributed by atoms with Crippen LogP contribution in [0.25, 0.3) is 0 Å². The molecule has 0 aromatic heterocycles. The van der Waals surface area contributed by atoms with E-state index < -0.39 is 18.4 Å².